The van der Waals surface area contributed by atoms with E-state index in [0.29, 0.717) is 19.3 Å². The molecule has 10 heteroatoms. The molecular formula is C16H23N5O5. The minimum absolute atomic E-state index is 0.0595. The number of aliphatic imine (C=N–C) groups is 1. The number of carbonyl (C=O) groups excluding carboxylic acids is 2. The van der Waals surface area contributed by atoms with Crippen molar-refractivity contribution in [1.29, 1.82) is 5.53 Å². The first-order valence-electron chi connectivity index (χ1n) is 8.63. The Balaban J connectivity index is 1.83. The highest BCUT2D eigenvalue weighted by Crippen LogP contribution is 2.64. The van der Waals surface area contributed by atoms with Gasteiger partial charge in [0.15, 0.2) is 0 Å². The molecule has 0 aromatic heterocycles. The van der Waals surface area contributed by atoms with Gasteiger partial charge in [0.2, 0.25) is 17.8 Å². The zero-order valence-electron chi connectivity index (χ0n) is 14.8. The van der Waals surface area contributed by atoms with Crippen molar-refractivity contribution in [3.8, 4) is 0 Å². The lowest BCUT2D eigenvalue weighted by molar-refractivity contribution is -0.158. The molecule has 2 amide bonds. The van der Waals surface area contributed by atoms with E-state index in [0.717, 1.165) is 4.90 Å². The number of carbonyl (C=O) groups is 3. The lowest BCUT2D eigenvalue weighted by atomic mass is 9.59. The fourth-order valence-corrected chi connectivity index (χ4v) is 4.63. The summed E-state index contributed by atoms with van der Waals surface area (Å²) in [5, 5.41) is 12.6. The standard InChI is InChI=1S/C16H23N5O5/c1-15-9-5-6-10(26-9)16(15,2)13(25)21(12(15)24)8(11(22)23)4-3-7-19-14(17)20-18/h8-10,18H,3-7H2,1-2H3,(H2,17,19)(H,22,23). The van der Waals surface area contributed by atoms with Crippen molar-refractivity contribution in [3.05, 3.63) is 0 Å². The van der Waals surface area contributed by atoms with E-state index >= 15 is 0 Å². The fourth-order valence-electron chi connectivity index (χ4n) is 4.63. The predicted molar refractivity (Wildman–Crippen MR) is 88.3 cm³/mol. The molecule has 2 bridgehead atoms. The molecule has 3 fully saturated rings. The highest BCUT2D eigenvalue weighted by atomic mass is 16.5. The van der Waals surface area contributed by atoms with Gasteiger partial charge in [-0.15, -0.1) is 5.11 Å². The van der Waals surface area contributed by atoms with Crippen LogP contribution in [0.5, 0.6) is 0 Å². The number of carboxylic acids is 1. The molecular weight excluding hydrogens is 342 g/mol. The van der Waals surface area contributed by atoms with Gasteiger partial charge in [-0.25, -0.2) is 10.3 Å². The van der Waals surface area contributed by atoms with Gasteiger partial charge in [0, 0.05) is 6.54 Å². The number of likely N-dealkylation sites (tertiary alicyclic amines) is 1. The molecule has 3 heterocycles. The van der Waals surface area contributed by atoms with Crippen molar-refractivity contribution in [2.75, 3.05) is 6.54 Å². The van der Waals surface area contributed by atoms with Crippen LogP contribution in [0.25, 0.3) is 0 Å². The molecule has 3 aliphatic heterocycles. The number of carboxylic acid groups (broad SMARTS) is 1. The van der Waals surface area contributed by atoms with Crippen LogP contribution in [-0.2, 0) is 19.1 Å². The summed E-state index contributed by atoms with van der Waals surface area (Å²) >= 11 is 0. The summed E-state index contributed by atoms with van der Waals surface area (Å²) < 4.78 is 5.84. The van der Waals surface area contributed by atoms with E-state index in [-0.39, 0.29) is 31.1 Å². The molecule has 3 saturated heterocycles. The molecule has 0 spiro atoms. The van der Waals surface area contributed by atoms with Crippen LogP contribution in [0.1, 0.15) is 39.5 Å². The Hall–Kier alpha value is -2.36. The molecule has 142 valence electrons. The number of nitrogens with zero attached hydrogens (tertiary/aromatic N) is 3. The minimum Gasteiger partial charge on any atom is -0.480 e. The van der Waals surface area contributed by atoms with Gasteiger partial charge in [-0.1, -0.05) is 0 Å². The maximum Gasteiger partial charge on any atom is 0.326 e. The van der Waals surface area contributed by atoms with Crippen LogP contribution in [0.4, 0.5) is 0 Å². The Morgan fingerprint density at radius 2 is 1.88 bits per heavy atom. The van der Waals surface area contributed by atoms with E-state index in [1.54, 1.807) is 13.8 Å². The summed E-state index contributed by atoms with van der Waals surface area (Å²) in [5.74, 6) is -2.36. The Labute approximate surface area is 150 Å². The van der Waals surface area contributed by atoms with Gasteiger partial charge in [0.25, 0.3) is 0 Å². The number of rotatable bonds is 6. The number of nitrogens with one attached hydrogen (secondary N) is 1. The largest absolute Gasteiger partial charge is 0.480 e. The lowest BCUT2D eigenvalue weighted by Gasteiger charge is -2.36. The SMILES string of the molecule is CC12C(=O)N(C(CCCN=C(N)N=N)C(=O)O)C(=O)C1(C)C1CCC2O1. The van der Waals surface area contributed by atoms with Gasteiger partial charge in [0.05, 0.1) is 23.0 Å². The first-order valence-corrected chi connectivity index (χ1v) is 8.63. The molecule has 3 aliphatic rings. The Bertz CT molecular complexity index is 675. The summed E-state index contributed by atoms with van der Waals surface area (Å²) in [6.45, 7) is 3.60. The normalized spacial score (nSPS) is 37.2. The van der Waals surface area contributed by atoms with Gasteiger partial charge in [-0.05, 0) is 39.5 Å². The van der Waals surface area contributed by atoms with E-state index < -0.39 is 34.7 Å². The topological polar surface area (TPSA) is 158 Å². The third kappa shape index (κ3) is 2.21. The van der Waals surface area contributed by atoms with Gasteiger partial charge < -0.3 is 15.6 Å². The number of imide groups is 1. The number of guanidine groups is 1. The number of hydrogen-bond acceptors (Lipinski definition) is 6. The maximum absolute atomic E-state index is 13.1. The molecule has 0 aliphatic carbocycles. The van der Waals surface area contributed by atoms with Gasteiger partial charge in [-0.2, -0.15) is 0 Å². The van der Waals surface area contributed by atoms with E-state index in [9.17, 15) is 19.5 Å². The smallest absolute Gasteiger partial charge is 0.326 e. The number of aliphatic carboxylic acids is 1. The molecule has 10 nitrogen and oxygen atoms in total. The van der Waals surface area contributed by atoms with Crippen molar-refractivity contribution in [2.24, 2.45) is 26.7 Å². The van der Waals surface area contributed by atoms with Gasteiger partial charge >= 0.3 is 5.97 Å². The van der Waals surface area contributed by atoms with E-state index in [1.807, 2.05) is 0 Å². The second-order valence-electron chi connectivity index (χ2n) is 7.42. The molecule has 5 unspecified atom stereocenters. The van der Waals surface area contributed by atoms with E-state index in [1.165, 1.54) is 0 Å². The molecule has 4 N–H and O–H groups in total. The highest BCUT2D eigenvalue weighted by molar-refractivity contribution is 6.12. The molecule has 5 atom stereocenters. The Morgan fingerprint density at radius 1 is 1.35 bits per heavy atom. The predicted octanol–water partition coefficient (Wildman–Crippen LogP) is 0.508. The minimum atomic E-state index is -1.25. The number of fused-ring (bicyclic) bond motifs is 5. The van der Waals surface area contributed by atoms with Crippen LogP contribution in [0, 0.1) is 16.4 Å². The van der Waals surface area contributed by atoms with Crippen molar-refractivity contribution in [3.63, 3.8) is 0 Å². The van der Waals surface area contributed by atoms with E-state index in [4.69, 9.17) is 16.0 Å². The fraction of sp³-hybridized carbons (Fsp3) is 0.750. The van der Waals surface area contributed by atoms with E-state index in [2.05, 4.69) is 10.1 Å². The van der Waals surface area contributed by atoms with Crippen molar-refractivity contribution < 1.29 is 24.2 Å². The monoisotopic (exact) mass is 365 g/mol. The first kappa shape index (κ1) is 18.4. The summed E-state index contributed by atoms with van der Waals surface area (Å²) in [6, 6.07) is -1.25. The zero-order valence-corrected chi connectivity index (χ0v) is 14.8. The third-order valence-electron chi connectivity index (χ3n) is 6.33. The zero-order chi connectivity index (χ0) is 19.3. The van der Waals surface area contributed by atoms with Gasteiger partial charge in [-0.3, -0.25) is 19.5 Å². The lowest BCUT2D eigenvalue weighted by Crippen LogP contribution is -2.48. The Kier molecular flexibility index (Phi) is 4.33. The average Bonchev–Trinajstić information content (AvgIpc) is 3.22. The molecule has 0 saturated carbocycles. The average molecular weight is 365 g/mol. The van der Waals surface area contributed by atoms with Crippen LogP contribution in [0.3, 0.4) is 0 Å². The third-order valence-corrected chi connectivity index (χ3v) is 6.33. The summed E-state index contributed by atoms with van der Waals surface area (Å²) in [5.41, 5.74) is 9.97. The van der Waals surface area contributed by atoms with Gasteiger partial charge in [0.1, 0.15) is 6.04 Å². The van der Waals surface area contributed by atoms with Crippen LogP contribution in [0.15, 0.2) is 10.1 Å². The van der Waals surface area contributed by atoms with Crippen LogP contribution >= 0.6 is 0 Å². The van der Waals surface area contributed by atoms with Crippen LogP contribution in [-0.4, -0.2) is 58.5 Å². The molecule has 0 aromatic rings. The quantitative estimate of drug-likeness (QED) is 0.204. The molecule has 3 rings (SSSR count). The highest BCUT2D eigenvalue weighted by Gasteiger charge is 2.77. The first-order chi connectivity index (χ1) is 12.2. The van der Waals surface area contributed by atoms with Crippen molar-refractivity contribution >= 4 is 23.7 Å². The molecule has 0 radical (unpaired) electrons. The summed E-state index contributed by atoms with van der Waals surface area (Å²) in [7, 11) is 0. The second kappa shape index (κ2) is 6.11. The van der Waals surface area contributed by atoms with Crippen LogP contribution in [0.2, 0.25) is 0 Å². The molecule has 0 aromatic carbocycles. The number of ether oxygens (including phenoxy) is 1. The Morgan fingerprint density at radius 3 is 2.35 bits per heavy atom. The maximum atomic E-state index is 13.1. The van der Waals surface area contributed by atoms with Crippen LogP contribution < -0.4 is 5.73 Å². The van der Waals surface area contributed by atoms with Crippen molar-refractivity contribution in [2.45, 2.75) is 57.8 Å². The summed E-state index contributed by atoms with van der Waals surface area (Å²) in [4.78, 5) is 42.8. The van der Waals surface area contributed by atoms with Crippen molar-refractivity contribution in [1.82, 2.24) is 4.90 Å². The second-order valence-corrected chi connectivity index (χ2v) is 7.42. The number of nitrogens with two attached hydrogens (primary N) is 1. The number of hydrogen-bond donors (Lipinski definition) is 3. The molecule has 26 heavy (non-hydrogen) atoms. The summed E-state index contributed by atoms with van der Waals surface area (Å²) in [6.07, 6.45) is 1.05. The number of amides is 2.